The lowest BCUT2D eigenvalue weighted by Gasteiger charge is -2.41. The molecule has 1 aliphatic rings. The monoisotopic (exact) mass is 441 g/mol. The number of aryl methyl sites for hydroxylation is 1. The summed E-state index contributed by atoms with van der Waals surface area (Å²) in [6.07, 6.45) is 6.14. The molecule has 33 heavy (non-hydrogen) atoms. The van der Waals surface area contributed by atoms with Gasteiger partial charge in [-0.15, -0.1) is 0 Å². The summed E-state index contributed by atoms with van der Waals surface area (Å²) in [5, 5.41) is 2.87. The zero-order chi connectivity index (χ0) is 23.3. The number of piperidine rings is 1. The number of nitrogens with zero attached hydrogens (tertiary/aromatic N) is 2. The molecular formula is C28H31N3O2. The average molecular weight is 442 g/mol. The van der Waals surface area contributed by atoms with E-state index in [0.717, 1.165) is 40.7 Å². The van der Waals surface area contributed by atoms with Crippen molar-refractivity contribution in [1.29, 1.82) is 0 Å². The van der Waals surface area contributed by atoms with Gasteiger partial charge in [-0.05, 0) is 54.5 Å². The topological polar surface area (TPSA) is 62.3 Å². The van der Waals surface area contributed by atoms with E-state index in [0.29, 0.717) is 25.9 Å². The maximum Gasteiger partial charge on any atom is 0.228 e. The molecule has 1 atom stereocenters. The van der Waals surface area contributed by atoms with Gasteiger partial charge in [0.1, 0.15) is 0 Å². The summed E-state index contributed by atoms with van der Waals surface area (Å²) < 4.78 is 0. The summed E-state index contributed by atoms with van der Waals surface area (Å²) in [6, 6.07) is 20.3. The van der Waals surface area contributed by atoms with Crippen LogP contribution in [0.5, 0.6) is 0 Å². The predicted molar refractivity (Wildman–Crippen MR) is 131 cm³/mol. The van der Waals surface area contributed by atoms with E-state index in [1.54, 1.807) is 13.2 Å². The second kappa shape index (κ2) is 9.99. The van der Waals surface area contributed by atoms with Crippen molar-refractivity contribution < 1.29 is 9.59 Å². The minimum Gasteiger partial charge on any atom is -0.359 e. The largest absolute Gasteiger partial charge is 0.359 e. The number of aromatic nitrogens is 1. The molecule has 170 valence electrons. The molecule has 1 N–H and O–H groups in total. The first kappa shape index (κ1) is 22.7. The summed E-state index contributed by atoms with van der Waals surface area (Å²) in [7, 11) is 1.68. The van der Waals surface area contributed by atoms with Crippen LogP contribution in [0.1, 0.15) is 29.5 Å². The fourth-order valence-corrected chi connectivity index (χ4v) is 4.91. The number of rotatable bonds is 6. The highest BCUT2D eigenvalue weighted by atomic mass is 16.2. The van der Waals surface area contributed by atoms with Crippen LogP contribution < -0.4 is 5.32 Å². The second-order valence-corrected chi connectivity index (χ2v) is 9.06. The normalized spacial score (nSPS) is 18.1. The van der Waals surface area contributed by atoms with E-state index >= 15 is 0 Å². The molecule has 1 aliphatic heterocycles. The van der Waals surface area contributed by atoms with Crippen LogP contribution >= 0.6 is 0 Å². The van der Waals surface area contributed by atoms with Gasteiger partial charge in [0.25, 0.3) is 0 Å². The molecule has 5 heteroatoms. The summed E-state index contributed by atoms with van der Waals surface area (Å²) >= 11 is 0. The highest BCUT2D eigenvalue weighted by Crippen LogP contribution is 2.35. The highest BCUT2D eigenvalue weighted by Gasteiger charge is 2.43. The molecule has 4 rings (SSSR count). The molecule has 2 heterocycles. The number of nitrogens with one attached hydrogen (secondary N) is 1. The van der Waals surface area contributed by atoms with Crippen molar-refractivity contribution in [3.63, 3.8) is 0 Å². The van der Waals surface area contributed by atoms with Crippen molar-refractivity contribution in [2.45, 2.75) is 32.6 Å². The van der Waals surface area contributed by atoms with Crippen molar-refractivity contribution in [1.82, 2.24) is 15.2 Å². The first-order chi connectivity index (χ1) is 16.0. The quantitative estimate of drug-likeness (QED) is 0.624. The number of carbonyl (C=O) groups excluding carboxylic acids is 2. The van der Waals surface area contributed by atoms with E-state index in [2.05, 4.69) is 34.6 Å². The van der Waals surface area contributed by atoms with Crippen LogP contribution in [0.2, 0.25) is 0 Å². The van der Waals surface area contributed by atoms with Crippen LogP contribution in [0.3, 0.4) is 0 Å². The Hall–Kier alpha value is -3.47. The molecular weight excluding hydrogens is 410 g/mol. The van der Waals surface area contributed by atoms with Crippen LogP contribution in [0.4, 0.5) is 0 Å². The standard InChI is InChI=1S/C28H31N3O2/c1-21-7-3-8-22(15-21)17-26(32)31-14-6-12-28(20-31,27(33)29-2)18-23-9-4-10-24(16-23)25-11-5-13-30-19-25/h3-5,7-11,13,15-16,19H,6,12,14,17-18,20H2,1-2H3,(H,29,33)/t28-/m1/s1. The Morgan fingerprint density at radius 2 is 1.82 bits per heavy atom. The van der Waals surface area contributed by atoms with Crippen LogP contribution in [-0.4, -0.2) is 41.8 Å². The molecule has 5 nitrogen and oxygen atoms in total. The summed E-state index contributed by atoms with van der Waals surface area (Å²) in [6.45, 7) is 3.17. The first-order valence-electron chi connectivity index (χ1n) is 11.5. The Labute approximate surface area is 195 Å². The number of hydrogen-bond acceptors (Lipinski definition) is 3. The number of benzene rings is 2. The third kappa shape index (κ3) is 5.30. The third-order valence-electron chi connectivity index (χ3n) is 6.54. The van der Waals surface area contributed by atoms with E-state index < -0.39 is 5.41 Å². The molecule has 2 amide bonds. The SMILES string of the molecule is CNC(=O)[C@@]1(Cc2cccc(-c3cccnc3)c2)CCCN(C(=O)Cc2cccc(C)c2)C1. The van der Waals surface area contributed by atoms with E-state index in [4.69, 9.17) is 0 Å². The second-order valence-electron chi connectivity index (χ2n) is 9.06. The predicted octanol–water partition coefficient (Wildman–Crippen LogP) is 4.20. The molecule has 0 spiro atoms. The van der Waals surface area contributed by atoms with Gasteiger partial charge in [0, 0.05) is 32.5 Å². The van der Waals surface area contributed by atoms with Crippen LogP contribution in [0.15, 0.2) is 73.1 Å². The van der Waals surface area contributed by atoms with Gasteiger partial charge < -0.3 is 10.2 Å². The van der Waals surface area contributed by atoms with E-state index in [1.165, 1.54) is 0 Å². The lowest BCUT2D eigenvalue weighted by Crippen LogP contribution is -2.54. The molecule has 0 saturated carbocycles. The van der Waals surface area contributed by atoms with Gasteiger partial charge in [-0.1, -0.05) is 60.2 Å². The Balaban J connectivity index is 1.56. The number of amides is 2. The molecule has 0 bridgehead atoms. The number of carbonyl (C=O) groups is 2. The molecule has 1 fully saturated rings. The van der Waals surface area contributed by atoms with Crippen molar-refractivity contribution in [2.24, 2.45) is 5.41 Å². The van der Waals surface area contributed by atoms with Crippen LogP contribution in [-0.2, 0) is 22.4 Å². The molecule has 1 aromatic heterocycles. The number of likely N-dealkylation sites (tertiary alicyclic amines) is 1. The van der Waals surface area contributed by atoms with Gasteiger partial charge in [-0.25, -0.2) is 0 Å². The van der Waals surface area contributed by atoms with Crippen molar-refractivity contribution in [3.8, 4) is 11.1 Å². The minimum atomic E-state index is -0.636. The zero-order valence-electron chi connectivity index (χ0n) is 19.4. The molecule has 2 aromatic carbocycles. The maximum absolute atomic E-state index is 13.2. The van der Waals surface area contributed by atoms with Gasteiger partial charge in [-0.3, -0.25) is 14.6 Å². The van der Waals surface area contributed by atoms with E-state index in [9.17, 15) is 9.59 Å². The van der Waals surface area contributed by atoms with Crippen LogP contribution in [0.25, 0.3) is 11.1 Å². The van der Waals surface area contributed by atoms with E-state index in [-0.39, 0.29) is 11.8 Å². The van der Waals surface area contributed by atoms with Gasteiger partial charge in [0.05, 0.1) is 11.8 Å². The van der Waals surface area contributed by atoms with Gasteiger partial charge in [0.2, 0.25) is 11.8 Å². The molecule has 3 aromatic rings. The van der Waals surface area contributed by atoms with Crippen LogP contribution in [0, 0.1) is 12.3 Å². The smallest absolute Gasteiger partial charge is 0.228 e. The third-order valence-corrected chi connectivity index (χ3v) is 6.54. The Kier molecular flexibility index (Phi) is 6.87. The van der Waals surface area contributed by atoms with Crippen molar-refractivity contribution in [3.05, 3.63) is 89.7 Å². The Morgan fingerprint density at radius 1 is 1.03 bits per heavy atom. The summed E-state index contributed by atoms with van der Waals surface area (Å²) in [5.74, 6) is 0.0834. The lowest BCUT2D eigenvalue weighted by atomic mass is 9.74. The molecule has 1 saturated heterocycles. The van der Waals surface area contributed by atoms with Gasteiger partial charge in [-0.2, -0.15) is 0 Å². The fourth-order valence-electron chi connectivity index (χ4n) is 4.91. The first-order valence-corrected chi connectivity index (χ1v) is 11.5. The Bertz CT molecular complexity index is 1130. The average Bonchev–Trinajstić information content (AvgIpc) is 2.84. The summed E-state index contributed by atoms with van der Waals surface area (Å²) in [4.78, 5) is 32.4. The number of pyridine rings is 1. The molecule has 0 unspecified atom stereocenters. The lowest BCUT2D eigenvalue weighted by molar-refractivity contribution is -0.141. The molecule has 0 aliphatic carbocycles. The molecule has 0 radical (unpaired) electrons. The van der Waals surface area contributed by atoms with Crippen molar-refractivity contribution >= 4 is 11.8 Å². The van der Waals surface area contributed by atoms with Gasteiger partial charge >= 0.3 is 0 Å². The number of hydrogen-bond donors (Lipinski definition) is 1. The minimum absolute atomic E-state index is 0.00216. The van der Waals surface area contributed by atoms with Gasteiger partial charge in [0.15, 0.2) is 0 Å². The summed E-state index contributed by atoms with van der Waals surface area (Å²) in [5.41, 5.74) is 4.74. The van der Waals surface area contributed by atoms with Crippen molar-refractivity contribution in [2.75, 3.05) is 20.1 Å². The maximum atomic E-state index is 13.2. The highest BCUT2D eigenvalue weighted by molar-refractivity contribution is 5.85. The van der Waals surface area contributed by atoms with E-state index in [1.807, 2.05) is 54.4 Å². The zero-order valence-corrected chi connectivity index (χ0v) is 19.4. The fraction of sp³-hybridized carbons (Fsp3) is 0.321. The Morgan fingerprint density at radius 3 is 2.58 bits per heavy atom.